The second kappa shape index (κ2) is 13.4. The molecule has 0 aliphatic rings. The standard InChI is InChI=1S/C31H35NO/c1-3-13-27(4-2)29(20-21-32(22-23-33)25-26-14-7-5-8-15-26)24-30-18-11-12-19-31(30)28-16-9-6-10-17-28/h3-19,29,33H,1-2,20-25H2/b27-13+/t29-/m0/s1. The van der Waals surface area contributed by atoms with Crippen molar-refractivity contribution in [2.75, 3.05) is 19.7 Å². The van der Waals surface area contributed by atoms with Gasteiger partial charge in [-0.3, -0.25) is 4.90 Å². The lowest BCUT2D eigenvalue weighted by Gasteiger charge is -2.26. The summed E-state index contributed by atoms with van der Waals surface area (Å²) >= 11 is 0. The zero-order valence-corrected chi connectivity index (χ0v) is 19.4. The molecule has 3 rings (SSSR count). The van der Waals surface area contributed by atoms with E-state index >= 15 is 0 Å². The Morgan fingerprint density at radius 2 is 1.52 bits per heavy atom. The Bertz CT molecular complexity index is 1020. The van der Waals surface area contributed by atoms with E-state index < -0.39 is 0 Å². The van der Waals surface area contributed by atoms with Gasteiger partial charge in [-0.1, -0.05) is 116 Å². The molecule has 2 heteroatoms. The summed E-state index contributed by atoms with van der Waals surface area (Å²) in [5.74, 6) is 0.308. The second-order valence-electron chi connectivity index (χ2n) is 8.30. The van der Waals surface area contributed by atoms with Gasteiger partial charge in [0.2, 0.25) is 0 Å². The van der Waals surface area contributed by atoms with Crippen molar-refractivity contribution in [1.29, 1.82) is 0 Å². The fraction of sp³-hybridized carbons (Fsp3) is 0.226. The minimum atomic E-state index is 0.158. The van der Waals surface area contributed by atoms with E-state index in [9.17, 15) is 5.11 Å². The van der Waals surface area contributed by atoms with Crippen molar-refractivity contribution in [3.8, 4) is 11.1 Å². The van der Waals surface area contributed by atoms with Gasteiger partial charge >= 0.3 is 0 Å². The summed E-state index contributed by atoms with van der Waals surface area (Å²) in [7, 11) is 0. The van der Waals surface area contributed by atoms with Gasteiger partial charge < -0.3 is 5.11 Å². The number of rotatable bonds is 13. The summed E-state index contributed by atoms with van der Waals surface area (Å²) in [5.41, 5.74) is 6.33. The van der Waals surface area contributed by atoms with Crippen LogP contribution in [0.5, 0.6) is 0 Å². The molecule has 0 aliphatic carbocycles. The predicted octanol–water partition coefficient (Wildman–Crippen LogP) is 6.70. The highest BCUT2D eigenvalue weighted by molar-refractivity contribution is 5.67. The van der Waals surface area contributed by atoms with Crippen molar-refractivity contribution in [3.63, 3.8) is 0 Å². The van der Waals surface area contributed by atoms with Gasteiger partial charge in [-0.25, -0.2) is 0 Å². The molecular weight excluding hydrogens is 402 g/mol. The molecule has 0 amide bonds. The van der Waals surface area contributed by atoms with Gasteiger partial charge in [0.15, 0.2) is 0 Å². The Labute approximate surface area is 199 Å². The van der Waals surface area contributed by atoms with Gasteiger partial charge in [-0.05, 0) is 53.1 Å². The van der Waals surface area contributed by atoms with E-state index in [2.05, 4.69) is 103 Å². The van der Waals surface area contributed by atoms with E-state index in [1.54, 1.807) is 0 Å². The average molecular weight is 438 g/mol. The maximum absolute atomic E-state index is 9.63. The van der Waals surface area contributed by atoms with Crippen LogP contribution in [0.3, 0.4) is 0 Å². The van der Waals surface area contributed by atoms with Crippen LogP contribution < -0.4 is 0 Å². The number of hydrogen-bond acceptors (Lipinski definition) is 2. The van der Waals surface area contributed by atoms with E-state index in [1.165, 1.54) is 27.8 Å². The zero-order chi connectivity index (χ0) is 23.3. The lowest BCUT2D eigenvalue weighted by atomic mass is 9.85. The smallest absolute Gasteiger partial charge is 0.0558 e. The first-order valence-corrected chi connectivity index (χ1v) is 11.7. The van der Waals surface area contributed by atoms with Crippen LogP contribution in [-0.4, -0.2) is 29.7 Å². The molecule has 0 saturated carbocycles. The second-order valence-corrected chi connectivity index (χ2v) is 8.30. The quantitative estimate of drug-likeness (QED) is 0.301. The number of allylic oxidation sites excluding steroid dienone is 4. The summed E-state index contributed by atoms with van der Waals surface area (Å²) in [5, 5.41) is 9.63. The van der Waals surface area contributed by atoms with Gasteiger partial charge in [-0.15, -0.1) is 0 Å². The average Bonchev–Trinajstić information content (AvgIpc) is 2.86. The molecule has 3 aromatic rings. The van der Waals surface area contributed by atoms with Crippen molar-refractivity contribution in [2.24, 2.45) is 5.92 Å². The predicted molar refractivity (Wildman–Crippen MR) is 141 cm³/mol. The van der Waals surface area contributed by atoms with Crippen molar-refractivity contribution >= 4 is 0 Å². The largest absolute Gasteiger partial charge is 0.395 e. The molecule has 1 N–H and O–H groups in total. The maximum atomic E-state index is 9.63. The van der Waals surface area contributed by atoms with Gasteiger partial charge in [0.1, 0.15) is 0 Å². The van der Waals surface area contributed by atoms with Crippen molar-refractivity contribution < 1.29 is 5.11 Å². The molecule has 33 heavy (non-hydrogen) atoms. The molecule has 0 spiro atoms. The molecule has 170 valence electrons. The zero-order valence-electron chi connectivity index (χ0n) is 19.4. The Balaban J connectivity index is 1.82. The normalized spacial score (nSPS) is 12.5. The fourth-order valence-corrected chi connectivity index (χ4v) is 4.35. The summed E-state index contributed by atoms with van der Waals surface area (Å²) in [6.45, 7) is 10.6. The summed E-state index contributed by atoms with van der Waals surface area (Å²) in [6.07, 6.45) is 7.79. The van der Waals surface area contributed by atoms with E-state index in [-0.39, 0.29) is 6.61 Å². The summed E-state index contributed by atoms with van der Waals surface area (Å²) < 4.78 is 0. The molecule has 3 aromatic carbocycles. The molecule has 0 bridgehead atoms. The highest BCUT2D eigenvalue weighted by Gasteiger charge is 2.17. The van der Waals surface area contributed by atoms with Crippen LogP contribution in [0.2, 0.25) is 0 Å². The Hall–Kier alpha value is -3.20. The van der Waals surface area contributed by atoms with Gasteiger partial charge in [-0.2, -0.15) is 0 Å². The molecule has 0 fully saturated rings. The minimum absolute atomic E-state index is 0.158. The van der Waals surface area contributed by atoms with Crippen LogP contribution >= 0.6 is 0 Å². The maximum Gasteiger partial charge on any atom is 0.0558 e. The first-order valence-electron chi connectivity index (χ1n) is 11.7. The number of benzene rings is 3. The van der Waals surface area contributed by atoms with Crippen molar-refractivity contribution in [3.05, 3.63) is 133 Å². The summed E-state index contributed by atoms with van der Waals surface area (Å²) in [4.78, 5) is 2.33. The SMILES string of the molecule is C=C/C=C(\C=C)[C@@H](CCN(CCO)Cc1ccccc1)Cc1ccccc1-c1ccccc1. The molecule has 2 nitrogen and oxygen atoms in total. The fourth-order valence-electron chi connectivity index (χ4n) is 4.35. The molecule has 1 atom stereocenters. The van der Waals surface area contributed by atoms with E-state index in [4.69, 9.17) is 0 Å². The van der Waals surface area contributed by atoms with Crippen LogP contribution in [0, 0.1) is 5.92 Å². The molecule has 0 unspecified atom stereocenters. The lowest BCUT2D eigenvalue weighted by molar-refractivity contribution is 0.183. The van der Waals surface area contributed by atoms with Gasteiger partial charge in [0, 0.05) is 13.1 Å². The van der Waals surface area contributed by atoms with Gasteiger partial charge in [0.25, 0.3) is 0 Å². The monoisotopic (exact) mass is 437 g/mol. The van der Waals surface area contributed by atoms with Gasteiger partial charge in [0.05, 0.1) is 6.61 Å². The number of hydrogen-bond donors (Lipinski definition) is 1. The molecular formula is C31H35NO. The third kappa shape index (κ3) is 7.42. The molecule has 0 saturated heterocycles. The highest BCUT2D eigenvalue weighted by atomic mass is 16.3. The van der Waals surface area contributed by atoms with Crippen molar-refractivity contribution in [2.45, 2.75) is 19.4 Å². The van der Waals surface area contributed by atoms with Crippen LogP contribution in [0.25, 0.3) is 11.1 Å². The van der Waals surface area contributed by atoms with Crippen LogP contribution in [0.4, 0.5) is 0 Å². The summed E-state index contributed by atoms with van der Waals surface area (Å²) in [6, 6.07) is 29.7. The lowest BCUT2D eigenvalue weighted by Crippen LogP contribution is -2.29. The number of aliphatic hydroxyl groups is 1. The molecule has 0 heterocycles. The Kier molecular flexibility index (Phi) is 9.90. The number of aliphatic hydroxyl groups excluding tert-OH is 1. The molecule has 0 aromatic heterocycles. The minimum Gasteiger partial charge on any atom is -0.395 e. The topological polar surface area (TPSA) is 23.5 Å². The molecule has 0 aliphatic heterocycles. The third-order valence-electron chi connectivity index (χ3n) is 6.04. The van der Waals surface area contributed by atoms with Crippen LogP contribution in [-0.2, 0) is 13.0 Å². The van der Waals surface area contributed by atoms with E-state index in [0.717, 1.165) is 25.9 Å². The third-order valence-corrected chi connectivity index (χ3v) is 6.04. The Morgan fingerprint density at radius 1 is 0.848 bits per heavy atom. The molecule has 0 radical (unpaired) electrons. The Morgan fingerprint density at radius 3 is 2.18 bits per heavy atom. The van der Waals surface area contributed by atoms with E-state index in [0.29, 0.717) is 12.5 Å². The van der Waals surface area contributed by atoms with E-state index in [1.807, 2.05) is 18.2 Å². The van der Waals surface area contributed by atoms with Crippen molar-refractivity contribution in [1.82, 2.24) is 4.90 Å². The first kappa shape index (κ1) is 24.4. The van der Waals surface area contributed by atoms with Crippen LogP contribution in [0.1, 0.15) is 17.5 Å². The highest BCUT2D eigenvalue weighted by Crippen LogP contribution is 2.29. The number of nitrogens with zero attached hydrogens (tertiary/aromatic N) is 1. The van der Waals surface area contributed by atoms with Crippen LogP contribution in [0.15, 0.2) is 122 Å². The first-order chi connectivity index (χ1) is 16.2.